The van der Waals surface area contributed by atoms with Gasteiger partial charge in [-0.3, -0.25) is 14.9 Å². The highest BCUT2D eigenvalue weighted by Gasteiger charge is 2.16. The van der Waals surface area contributed by atoms with Crippen LogP contribution in [0.4, 0.5) is 11.5 Å². The third kappa shape index (κ3) is 3.41. The quantitative estimate of drug-likeness (QED) is 0.455. The van der Waals surface area contributed by atoms with Gasteiger partial charge in [-0.15, -0.1) is 0 Å². The van der Waals surface area contributed by atoms with Gasteiger partial charge in [-0.1, -0.05) is 13.3 Å². The second kappa shape index (κ2) is 6.53. The van der Waals surface area contributed by atoms with Crippen LogP contribution in [0.15, 0.2) is 12.3 Å². The first-order chi connectivity index (χ1) is 8.60. The fourth-order valence-corrected chi connectivity index (χ4v) is 1.40. The number of amides is 1. The number of hydrogen-bond acceptors (Lipinski definition) is 5. The predicted octanol–water partition coefficient (Wildman–Crippen LogP) is 1.56. The monoisotopic (exact) mass is 252 g/mol. The number of hydrogen-bond donors (Lipinski definition) is 2. The lowest BCUT2D eigenvalue weighted by molar-refractivity contribution is -0.385. The maximum Gasteiger partial charge on any atom is 0.288 e. The standard InChI is InChI=1S/C11H16N4O3/c1-3-4-5-13-11(16)9-6-8(15(17)18)7-14-10(9)12-2/h6-7H,3-5H2,1-2H3,(H,12,14)(H,13,16). The summed E-state index contributed by atoms with van der Waals surface area (Å²) in [6, 6.07) is 1.22. The molecule has 0 aliphatic carbocycles. The number of carbonyl (C=O) groups excluding carboxylic acids is 1. The summed E-state index contributed by atoms with van der Waals surface area (Å²) in [6.07, 6.45) is 2.95. The van der Waals surface area contributed by atoms with Crippen LogP contribution in [0.1, 0.15) is 30.1 Å². The molecule has 0 aromatic carbocycles. The highest BCUT2D eigenvalue weighted by molar-refractivity contribution is 5.99. The maximum atomic E-state index is 11.9. The number of unbranched alkanes of at least 4 members (excludes halogenated alkanes) is 1. The van der Waals surface area contributed by atoms with Crippen LogP contribution in [0, 0.1) is 10.1 Å². The zero-order valence-electron chi connectivity index (χ0n) is 10.4. The van der Waals surface area contributed by atoms with E-state index in [1.807, 2.05) is 6.92 Å². The Hall–Kier alpha value is -2.18. The molecule has 0 radical (unpaired) electrons. The van der Waals surface area contributed by atoms with E-state index >= 15 is 0 Å². The highest BCUT2D eigenvalue weighted by Crippen LogP contribution is 2.18. The SMILES string of the molecule is CCCCNC(=O)c1cc([N+](=O)[O-])cnc1NC. The Kier molecular flexibility index (Phi) is 5.04. The molecule has 0 atom stereocenters. The molecule has 18 heavy (non-hydrogen) atoms. The summed E-state index contributed by atoms with van der Waals surface area (Å²) in [5, 5.41) is 16.1. The van der Waals surface area contributed by atoms with Crippen molar-refractivity contribution in [3.05, 3.63) is 27.9 Å². The Morgan fingerprint density at radius 2 is 2.28 bits per heavy atom. The molecule has 0 fully saturated rings. The Morgan fingerprint density at radius 1 is 1.56 bits per heavy atom. The molecular formula is C11H16N4O3. The highest BCUT2D eigenvalue weighted by atomic mass is 16.6. The molecule has 7 heteroatoms. The number of nitro groups is 1. The minimum atomic E-state index is -0.574. The van der Waals surface area contributed by atoms with Crippen molar-refractivity contribution >= 4 is 17.4 Å². The van der Waals surface area contributed by atoms with Gasteiger partial charge in [0.25, 0.3) is 11.6 Å². The summed E-state index contributed by atoms with van der Waals surface area (Å²) >= 11 is 0. The summed E-state index contributed by atoms with van der Waals surface area (Å²) in [7, 11) is 1.61. The molecule has 0 saturated heterocycles. The van der Waals surface area contributed by atoms with Crippen molar-refractivity contribution in [2.45, 2.75) is 19.8 Å². The second-order valence-corrected chi connectivity index (χ2v) is 3.71. The first-order valence-corrected chi connectivity index (χ1v) is 5.70. The van der Waals surface area contributed by atoms with E-state index in [2.05, 4.69) is 15.6 Å². The van der Waals surface area contributed by atoms with Gasteiger partial charge in [0.15, 0.2) is 0 Å². The number of rotatable bonds is 6. The predicted molar refractivity (Wildman–Crippen MR) is 67.7 cm³/mol. The van der Waals surface area contributed by atoms with Crippen LogP contribution in [0.2, 0.25) is 0 Å². The van der Waals surface area contributed by atoms with Crippen molar-refractivity contribution in [2.24, 2.45) is 0 Å². The van der Waals surface area contributed by atoms with Gasteiger partial charge in [-0.2, -0.15) is 0 Å². The van der Waals surface area contributed by atoms with E-state index in [0.717, 1.165) is 19.0 Å². The van der Waals surface area contributed by atoms with Crippen LogP contribution in [-0.2, 0) is 0 Å². The lowest BCUT2D eigenvalue weighted by Gasteiger charge is -2.08. The molecule has 0 bridgehead atoms. The van der Waals surface area contributed by atoms with Gasteiger partial charge in [-0.05, 0) is 6.42 Å². The minimum absolute atomic E-state index is 0.183. The van der Waals surface area contributed by atoms with E-state index in [9.17, 15) is 14.9 Å². The molecule has 0 aliphatic rings. The van der Waals surface area contributed by atoms with Crippen molar-refractivity contribution < 1.29 is 9.72 Å². The average Bonchev–Trinajstić information content (AvgIpc) is 2.38. The van der Waals surface area contributed by atoms with Gasteiger partial charge < -0.3 is 10.6 Å². The molecule has 7 nitrogen and oxygen atoms in total. The molecule has 0 saturated carbocycles. The summed E-state index contributed by atoms with van der Waals surface area (Å²) in [5.41, 5.74) is -0.0163. The molecule has 0 unspecified atom stereocenters. The number of nitrogens with zero attached hydrogens (tertiary/aromatic N) is 2. The van der Waals surface area contributed by atoms with Crippen molar-refractivity contribution in [3.63, 3.8) is 0 Å². The van der Waals surface area contributed by atoms with Crippen LogP contribution in [-0.4, -0.2) is 29.4 Å². The van der Waals surface area contributed by atoms with Gasteiger partial charge in [0.05, 0.1) is 10.5 Å². The second-order valence-electron chi connectivity index (χ2n) is 3.71. The fourth-order valence-electron chi connectivity index (χ4n) is 1.40. The largest absolute Gasteiger partial charge is 0.372 e. The topological polar surface area (TPSA) is 97.2 Å². The third-order valence-corrected chi connectivity index (χ3v) is 2.38. The summed E-state index contributed by atoms with van der Waals surface area (Å²) in [4.78, 5) is 25.8. The van der Waals surface area contributed by atoms with Crippen LogP contribution in [0.25, 0.3) is 0 Å². The van der Waals surface area contributed by atoms with Gasteiger partial charge in [0, 0.05) is 19.7 Å². The smallest absolute Gasteiger partial charge is 0.288 e. The molecule has 1 aromatic heterocycles. The van der Waals surface area contributed by atoms with Gasteiger partial charge in [0.1, 0.15) is 12.0 Å². The van der Waals surface area contributed by atoms with Crippen LogP contribution >= 0.6 is 0 Å². The molecule has 0 spiro atoms. The lowest BCUT2D eigenvalue weighted by atomic mass is 10.2. The Balaban J connectivity index is 2.93. The first-order valence-electron chi connectivity index (χ1n) is 5.70. The lowest BCUT2D eigenvalue weighted by Crippen LogP contribution is -2.25. The summed E-state index contributed by atoms with van der Waals surface area (Å²) < 4.78 is 0. The van der Waals surface area contributed by atoms with Gasteiger partial charge >= 0.3 is 0 Å². The average molecular weight is 252 g/mol. The van der Waals surface area contributed by atoms with Crippen molar-refractivity contribution in [3.8, 4) is 0 Å². The number of nitrogens with one attached hydrogen (secondary N) is 2. The van der Waals surface area contributed by atoms with E-state index in [-0.39, 0.29) is 17.2 Å². The molecule has 0 aliphatic heterocycles. The molecule has 1 amide bonds. The first kappa shape index (κ1) is 13.9. The van der Waals surface area contributed by atoms with Crippen molar-refractivity contribution in [1.82, 2.24) is 10.3 Å². The number of anilines is 1. The Labute approximate surface area is 105 Å². The maximum absolute atomic E-state index is 11.9. The Bertz CT molecular complexity index is 448. The zero-order chi connectivity index (χ0) is 13.5. The molecule has 1 heterocycles. The number of pyridine rings is 1. The van der Waals surface area contributed by atoms with Crippen LogP contribution < -0.4 is 10.6 Å². The van der Waals surface area contributed by atoms with E-state index in [1.54, 1.807) is 7.05 Å². The fraction of sp³-hybridized carbons (Fsp3) is 0.455. The number of aromatic nitrogens is 1. The van der Waals surface area contributed by atoms with Gasteiger partial charge in [-0.25, -0.2) is 4.98 Å². The molecule has 1 rings (SSSR count). The van der Waals surface area contributed by atoms with Crippen LogP contribution in [0.3, 0.4) is 0 Å². The summed E-state index contributed by atoms with van der Waals surface area (Å²) in [6.45, 7) is 2.56. The van der Waals surface area contributed by atoms with Crippen molar-refractivity contribution in [1.29, 1.82) is 0 Å². The van der Waals surface area contributed by atoms with E-state index in [4.69, 9.17) is 0 Å². The normalized spacial score (nSPS) is 9.89. The summed E-state index contributed by atoms with van der Waals surface area (Å²) in [5.74, 6) is -0.0291. The minimum Gasteiger partial charge on any atom is -0.372 e. The van der Waals surface area contributed by atoms with Crippen LogP contribution in [0.5, 0.6) is 0 Å². The van der Waals surface area contributed by atoms with E-state index in [0.29, 0.717) is 12.4 Å². The number of carbonyl (C=O) groups is 1. The molecule has 2 N–H and O–H groups in total. The third-order valence-electron chi connectivity index (χ3n) is 2.38. The Morgan fingerprint density at radius 3 is 2.83 bits per heavy atom. The van der Waals surface area contributed by atoms with Gasteiger partial charge in [0.2, 0.25) is 0 Å². The zero-order valence-corrected chi connectivity index (χ0v) is 10.4. The molecule has 1 aromatic rings. The molecule has 98 valence electrons. The van der Waals surface area contributed by atoms with E-state index < -0.39 is 4.92 Å². The van der Waals surface area contributed by atoms with E-state index in [1.165, 1.54) is 6.07 Å². The van der Waals surface area contributed by atoms with Crippen molar-refractivity contribution in [2.75, 3.05) is 18.9 Å². The molecular weight excluding hydrogens is 236 g/mol.